The second-order valence-electron chi connectivity index (χ2n) is 7.23. The van der Waals surface area contributed by atoms with Gasteiger partial charge in [0.25, 0.3) is 0 Å². The minimum Gasteiger partial charge on any atom is -0.422 e. The van der Waals surface area contributed by atoms with E-state index in [1.165, 1.54) is 6.21 Å². The molecule has 0 heterocycles. The van der Waals surface area contributed by atoms with Gasteiger partial charge in [0, 0.05) is 15.7 Å². The molecule has 174 valence electrons. The van der Waals surface area contributed by atoms with Crippen LogP contribution in [0.25, 0.3) is 10.8 Å². The number of amides is 2. The van der Waals surface area contributed by atoms with Crippen molar-refractivity contribution in [2.45, 2.75) is 0 Å². The Balaban J connectivity index is 1.54. The molecule has 2 amide bonds. The number of nitrogens with zero attached hydrogens (tertiary/aromatic N) is 1. The van der Waals surface area contributed by atoms with E-state index in [2.05, 4.69) is 31.8 Å². The zero-order valence-corrected chi connectivity index (χ0v) is 20.3. The Morgan fingerprint density at radius 2 is 1.57 bits per heavy atom. The van der Waals surface area contributed by atoms with Gasteiger partial charge in [-0.1, -0.05) is 70.0 Å². The lowest BCUT2D eigenvalue weighted by Gasteiger charge is -2.11. The van der Waals surface area contributed by atoms with Crippen molar-refractivity contribution in [1.82, 2.24) is 5.43 Å². The Morgan fingerprint density at radius 1 is 0.857 bits per heavy atom. The van der Waals surface area contributed by atoms with Crippen LogP contribution in [0.3, 0.4) is 0 Å². The van der Waals surface area contributed by atoms with Gasteiger partial charge >= 0.3 is 17.8 Å². The van der Waals surface area contributed by atoms with Crippen molar-refractivity contribution in [3.05, 3.63) is 106 Å². The van der Waals surface area contributed by atoms with E-state index in [1.54, 1.807) is 60.7 Å². The average molecular weight is 551 g/mol. The zero-order valence-electron chi connectivity index (χ0n) is 18.0. The van der Waals surface area contributed by atoms with Crippen LogP contribution in [0.15, 0.2) is 94.5 Å². The summed E-state index contributed by atoms with van der Waals surface area (Å²) >= 11 is 9.42. The number of rotatable bonds is 5. The number of benzene rings is 4. The van der Waals surface area contributed by atoms with Crippen LogP contribution in [0.4, 0.5) is 5.69 Å². The number of ether oxygens (including phenoxy) is 1. The first kappa shape index (κ1) is 24.1. The Morgan fingerprint density at radius 3 is 2.34 bits per heavy atom. The molecule has 0 atom stereocenters. The van der Waals surface area contributed by atoms with E-state index in [1.807, 2.05) is 24.3 Å². The fraction of sp³-hybridized carbons (Fsp3) is 0. The topological polar surface area (TPSA) is 96.9 Å². The highest BCUT2D eigenvalue weighted by Gasteiger charge is 2.16. The SMILES string of the molecule is O=C(N/N=C\c1c(OC(=O)c2ccccc2Cl)ccc2ccccc12)C(=O)Nc1ccc(Br)cc1. The molecule has 35 heavy (non-hydrogen) atoms. The highest BCUT2D eigenvalue weighted by Crippen LogP contribution is 2.28. The summed E-state index contributed by atoms with van der Waals surface area (Å²) in [6.07, 6.45) is 1.32. The first-order chi connectivity index (χ1) is 16.9. The molecule has 7 nitrogen and oxygen atoms in total. The number of halogens is 2. The summed E-state index contributed by atoms with van der Waals surface area (Å²) in [6, 6.07) is 24.1. The molecule has 4 aromatic carbocycles. The summed E-state index contributed by atoms with van der Waals surface area (Å²) in [4.78, 5) is 37.1. The van der Waals surface area contributed by atoms with Crippen molar-refractivity contribution < 1.29 is 19.1 Å². The normalized spacial score (nSPS) is 10.8. The number of carbonyl (C=O) groups is 3. The summed E-state index contributed by atoms with van der Waals surface area (Å²) in [5, 5.41) is 8.26. The first-order valence-electron chi connectivity index (χ1n) is 10.3. The third kappa shape index (κ3) is 5.92. The minimum atomic E-state index is -0.959. The number of hydrogen-bond donors (Lipinski definition) is 2. The van der Waals surface area contributed by atoms with Crippen LogP contribution in [0.1, 0.15) is 15.9 Å². The molecule has 4 rings (SSSR count). The first-order valence-corrected chi connectivity index (χ1v) is 11.5. The second kappa shape index (κ2) is 10.9. The molecule has 0 radical (unpaired) electrons. The van der Waals surface area contributed by atoms with Gasteiger partial charge in [-0.15, -0.1) is 0 Å². The van der Waals surface area contributed by atoms with Crippen LogP contribution in [0.5, 0.6) is 5.75 Å². The second-order valence-corrected chi connectivity index (χ2v) is 8.55. The van der Waals surface area contributed by atoms with E-state index in [0.29, 0.717) is 11.3 Å². The summed E-state index contributed by atoms with van der Waals surface area (Å²) in [5.74, 6) is -2.27. The third-order valence-electron chi connectivity index (χ3n) is 4.90. The molecule has 2 N–H and O–H groups in total. The number of hydrazone groups is 1. The van der Waals surface area contributed by atoms with Crippen molar-refractivity contribution in [1.29, 1.82) is 0 Å². The molecule has 0 aliphatic heterocycles. The number of hydrogen-bond acceptors (Lipinski definition) is 5. The number of anilines is 1. The smallest absolute Gasteiger partial charge is 0.345 e. The van der Waals surface area contributed by atoms with Crippen LogP contribution in [-0.2, 0) is 9.59 Å². The van der Waals surface area contributed by atoms with E-state index >= 15 is 0 Å². The van der Waals surface area contributed by atoms with Gasteiger partial charge in [0.15, 0.2) is 0 Å². The fourth-order valence-electron chi connectivity index (χ4n) is 3.21. The predicted octanol–water partition coefficient (Wildman–Crippen LogP) is 5.56. The maximum Gasteiger partial charge on any atom is 0.345 e. The summed E-state index contributed by atoms with van der Waals surface area (Å²) < 4.78 is 6.44. The molecule has 0 aromatic heterocycles. The Hall–Kier alpha value is -4.01. The Labute approximate surface area is 213 Å². The molecule has 4 aromatic rings. The largest absolute Gasteiger partial charge is 0.422 e. The van der Waals surface area contributed by atoms with Gasteiger partial charge in [0.05, 0.1) is 16.8 Å². The van der Waals surface area contributed by atoms with Gasteiger partial charge in [-0.2, -0.15) is 5.10 Å². The van der Waals surface area contributed by atoms with Gasteiger partial charge < -0.3 is 10.1 Å². The number of nitrogens with one attached hydrogen (secondary N) is 2. The minimum absolute atomic E-state index is 0.211. The van der Waals surface area contributed by atoms with E-state index < -0.39 is 17.8 Å². The Kier molecular flexibility index (Phi) is 7.54. The van der Waals surface area contributed by atoms with Crippen molar-refractivity contribution in [3.63, 3.8) is 0 Å². The molecule has 0 fully saturated rings. The van der Waals surface area contributed by atoms with Crippen LogP contribution in [-0.4, -0.2) is 24.0 Å². The highest BCUT2D eigenvalue weighted by atomic mass is 79.9. The van der Waals surface area contributed by atoms with Crippen LogP contribution < -0.4 is 15.5 Å². The molecular formula is C26H17BrClN3O4. The predicted molar refractivity (Wildman–Crippen MR) is 139 cm³/mol. The van der Waals surface area contributed by atoms with Gasteiger partial charge in [0.2, 0.25) is 0 Å². The molecule has 0 saturated heterocycles. The van der Waals surface area contributed by atoms with Gasteiger partial charge in [0.1, 0.15) is 5.75 Å². The molecular weight excluding hydrogens is 534 g/mol. The van der Waals surface area contributed by atoms with E-state index in [-0.39, 0.29) is 16.3 Å². The monoisotopic (exact) mass is 549 g/mol. The number of carbonyl (C=O) groups excluding carboxylic acids is 3. The molecule has 0 unspecified atom stereocenters. The summed E-state index contributed by atoms with van der Waals surface area (Å²) in [6.45, 7) is 0. The van der Waals surface area contributed by atoms with Gasteiger partial charge in [-0.25, -0.2) is 10.2 Å². The maximum atomic E-state index is 12.7. The summed E-state index contributed by atoms with van der Waals surface area (Å²) in [5.41, 5.74) is 3.31. The van der Waals surface area contributed by atoms with Crippen molar-refractivity contribution in [2.24, 2.45) is 5.10 Å². The van der Waals surface area contributed by atoms with E-state index in [9.17, 15) is 14.4 Å². The molecule has 0 spiro atoms. The summed E-state index contributed by atoms with van der Waals surface area (Å²) in [7, 11) is 0. The molecule has 0 aliphatic carbocycles. The van der Waals surface area contributed by atoms with E-state index in [4.69, 9.17) is 16.3 Å². The van der Waals surface area contributed by atoms with Crippen LogP contribution >= 0.6 is 27.5 Å². The fourth-order valence-corrected chi connectivity index (χ4v) is 3.68. The maximum absolute atomic E-state index is 12.7. The van der Waals surface area contributed by atoms with Crippen LogP contribution in [0, 0.1) is 0 Å². The molecule has 9 heteroatoms. The quantitative estimate of drug-likeness (QED) is 0.112. The van der Waals surface area contributed by atoms with Gasteiger partial charge in [-0.3, -0.25) is 9.59 Å². The molecule has 0 bridgehead atoms. The van der Waals surface area contributed by atoms with Crippen molar-refractivity contribution in [3.8, 4) is 5.75 Å². The van der Waals surface area contributed by atoms with Gasteiger partial charge in [-0.05, 0) is 53.2 Å². The zero-order chi connectivity index (χ0) is 24.8. The van der Waals surface area contributed by atoms with Crippen molar-refractivity contribution in [2.75, 3.05) is 5.32 Å². The molecule has 0 saturated carbocycles. The number of fused-ring (bicyclic) bond motifs is 1. The van der Waals surface area contributed by atoms with Crippen molar-refractivity contribution >= 4 is 68.0 Å². The average Bonchev–Trinajstić information content (AvgIpc) is 2.86. The number of esters is 1. The standard InChI is InChI=1S/C26H17BrClN3O4/c27-17-10-12-18(13-11-17)30-24(32)25(33)31-29-15-21-19-6-2-1-5-16(19)9-14-23(21)35-26(34)20-7-3-4-8-22(20)28/h1-15H,(H,30,32)(H,31,33)/b29-15-. The van der Waals surface area contributed by atoms with E-state index in [0.717, 1.165) is 15.2 Å². The lowest BCUT2D eigenvalue weighted by atomic mass is 10.0. The Bertz CT molecular complexity index is 1450. The lowest BCUT2D eigenvalue weighted by molar-refractivity contribution is -0.136. The third-order valence-corrected chi connectivity index (χ3v) is 5.75. The molecule has 0 aliphatic rings. The lowest BCUT2D eigenvalue weighted by Crippen LogP contribution is -2.32. The van der Waals surface area contributed by atoms with Crippen LogP contribution in [0.2, 0.25) is 5.02 Å². The highest BCUT2D eigenvalue weighted by molar-refractivity contribution is 9.10.